The molecule has 2 aliphatic rings. The summed E-state index contributed by atoms with van der Waals surface area (Å²) in [6.45, 7) is 13.9. The lowest BCUT2D eigenvalue weighted by Gasteiger charge is -2.59. The highest BCUT2D eigenvalue weighted by atomic mass is 35.5. The summed E-state index contributed by atoms with van der Waals surface area (Å²) in [4.78, 5) is 15.5. The Morgan fingerprint density at radius 2 is 1.79 bits per heavy atom. The molecule has 0 saturated heterocycles. The lowest BCUT2D eigenvalue weighted by atomic mass is 9.56. The van der Waals surface area contributed by atoms with Gasteiger partial charge in [-0.15, -0.1) is 12.4 Å². The predicted octanol–water partition coefficient (Wildman–Crippen LogP) is 5.86. The van der Waals surface area contributed by atoms with Crippen LogP contribution in [-0.4, -0.2) is 29.1 Å². The van der Waals surface area contributed by atoms with Gasteiger partial charge < -0.3 is 4.74 Å². The topological polar surface area (TPSA) is 29.5 Å². The second kappa shape index (κ2) is 7.65. The maximum Gasteiger partial charge on any atom is 0.308 e. The Hall–Kier alpha value is -1.06. The SMILES string of the molecule is CN(Cc1ccccc1)C1(CC(=O)OC(C)(C)C)C2(C)CCC(C2)C1(C)C.Cl. The Morgan fingerprint density at radius 3 is 2.29 bits per heavy atom. The standard InChI is InChI=1S/C24H37NO2.ClH/c1-21(2,3)27-20(26)16-24(25(7)17-18-11-9-8-10-12-18)22(4,5)19-13-14-23(24,6)15-19;/h8-12,19H,13-17H2,1-7H3;1H. The molecule has 158 valence electrons. The van der Waals surface area contributed by atoms with E-state index in [0.29, 0.717) is 12.3 Å². The zero-order valence-corrected chi connectivity index (χ0v) is 19.5. The van der Waals surface area contributed by atoms with Crippen LogP contribution in [0.2, 0.25) is 0 Å². The van der Waals surface area contributed by atoms with Crippen LogP contribution in [0.1, 0.15) is 72.8 Å². The Morgan fingerprint density at radius 1 is 1.18 bits per heavy atom. The second-order valence-corrected chi connectivity index (χ2v) is 10.7. The van der Waals surface area contributed by atoms with Crippen LogP contribution in [0.5, 0.6) is 0 Å². The quantitative estimate of drug-likeness (QED) is 0.572. The molecule has 4 heteroatoms. The summed E-state index contributed by atoms with van der Waals surface area (Å²) in [5.41, 5.74) is 0.868. The molecule has 3 nitrogen and oxygen atoms in total. The molecule has 2 bridgehead atoms. The number of benzene rings is 1. The van der Waals surface area contributed by atoms with E-state index in [0.717, 1.165) is 6.54 Å². The fourth-order valence-corrected chi connectivity index (χ4v) is 6.46. The Balaban J connectivity index is 0.00000280. The summed E-state index contributed by atoms with van der Waals surface area (Å²) in [6, 6.07) is 10.6. The number of carbonyl (C=O) groups excluding carboxylic acids is 1. The second-order valence-electron chi connectivity index (χ2n) is 10.7. The van der Waals surface area contributed by atoms with Crippen molar-refractivity contribution < 1.29 is 9.53 Å². The summed E-state index contributed by atoms with van der Waals surface area (Å²) in [6.07, 6.45) is 4.15. The van der Waals surface area contributed by atoms with Gasteiger partial charge >= 0.3 is 5.97 Å². The van der Waals surface area contributed by atoms with Crippen molar-refractivity contribution in [2.45, 2.75) is 84.9 Å². The molecule has 0 aromatic heterocycles. The molecule has 0 heterocycles. The molecule has 28 heavy (non-hydrogen) atoms. The highest BCUT2D eigenvalue weighted by molar-refractivity contribution is 5.85. The molecule has 3 unspecified atom stereocenters. The van der Waals surface area contributed by atoms with Gasteiger partial charge in [0.15, 0.2) is 0 Å². The van der Waals surface area contributed by atoms with Crippen molar-refractivity contribution in [3.63, 3.8) is 0 Å². The number of nitrogens with zero attached hydrogens (tertiary/aromatic N) is 1. The fourth-order valence-electron chi connectivity index (χ4n) is 6.46. The van der Waals surface area contributed by atoms with Crippen molar-refractivity contribution in [1.82, 2.24) is 4.90 Å². The Kier molecular flexibility index (Phi) is 6.34. The predicted molar refractivity (Wildman–Crippen MR) is 118 cm³/mol. The maximum atomic E-state index is 13.0. The van der Waals surface area contributed by atoms with E-state index in [1.54, 1.807) is 0 Å². The van der Waals surface area contributed by atoms with Crippen LogP contribution in [0.4, 0.5) is 0 Å². The van der Waals surface area contributed by atoms with Crippen molar-refractivity contribution in [3.8, 4) is 0 Å². The van der Waals surface area contributed by atoms with Crippen LogP contribution >= 0.6 is 12.4 Å². The largest absolute Gasteiger partial charge is 0.460 e. The third-order valence-electron chi connectivity index (χ3n) is 7.56. The zero-order valence-electron chi connectivity index (χ0n) is 18.7. The fraction of sp³-hybridized carbons (Fsp3) is 0.708. The first kappa shape index (κ1) is 23.2. The first-order valence-corrected chi connectivity index (χ1v) is 10.4. The van der Waals surface area contributed by atoms with Gasteiger partial charge in [0.2, 0.25) is 0 Å². The lowest BCUT2D eigenvalue weighted by Crippen LogP contribution is -2.64. The molecule has 0 radical (unpaired) electrons. The monoisotopic (exact) mass is 407 g/mol. The molecule has 0 aliphatic heterocycles. The molecule has 0 spiro atoms. The number of ether oxygens (including phenoxy) is 1. The third kappa shape index (κ3) is 3.73. The van der Waals surface area contributed by atoms with E-state index in [4.69, 9.17) is 4.74 Å². The maximum absolute atomic E-state index is 13.0. The molecule has 2 saturated carbocycles. The number of esters is 1. The first-order chi connectivity index (χ1) is 12.4. The first-order valence-electron chi connectivity index (χ1n) is 10.4. The van der Waals surface area contributed by atoms with Crippen molar-refractivity contribution in [1.29, 1.82) is 0 Å². The van der Waals surface area contributed by atoms with E-state index in [2.05, 4.69) is 63.1 Å². The number of carbonyl (C=O) groups is 1. The van der Waals surface area contributed by atoms with Gasteiger partial charge in [0.1, 0.15) is 5.60 Å². The van der Waals surface area contributed by atoms with E-state index < -0.39 is 5.60 Å². The molecule has 0 amide bonds. The smallest absolute Gasteiger partial charge is 0.308 e. The summed E-state index contributed by atoms with van der Waals surface area (Å²) in [5.74, 6) is 0.604. The molecule has 0 N–H and O–H groups in total. The normalized spacial score (nSPS) is 30.9. The van der Waals surface area contributed by atoms with Crippen LogP contribution in [-0.2, 0) is 16.1 Å². The minimum atomic E-state index is -0.445. The van der Waals surface area contributed by atoms with E-state index in [1.165, 1.54) is 24.8 Å². The highest BCUT2D eigenvalue weighted by Gasteiger charge is 2.70. The van der Waals surface area contributed by atoms with Gasteiger partial charge in [-0.1, -0.05) is 51.1 Å². The van der Waals surface area contributed by atoms with Crippen molar-refractivity contribution >= 4 is 18.4 Å². The molecule has 1 aromatic rings. The minimum Gasteiger partial charge on any atom is -0.460 e. The van der Waals surface area contributed by atoms with E-state index in [9.17, 15) is 4.79 Å². The Labute approximate surface area is 177 Å². The molecule has 2 fully saturated rings. The van der Waals surface area contributed by atoms with Crippen molar-refractivity contribution in [2.75, 3.05) is 7.05 Å². The van der Waals surface area contributed by atoms with Crippen LogP contribution in [0.25, 0.3) is 0 Å². The summed E-state index contributed by atoms with van der Waals surface area (Å²) in [7, 11) is 2.21. The number of halogens is 1. The number of hydrogen-bond donors (Lipinski definition) is 0. The van der Waals surface area contributed by atoms with Gasteiger partial charge in [0, 0.05) is 12.1 Å². The van der Waals surface area contributed by atoms with Crippen molar-refractivity contribution in [2.24, 2.45) is 16.7 Å². The number of hydrogen-bond acceptors (Lipinski definition) is 3. The van der Waals surface area contributed by atoms with Gasteiger partial charge in [0.25, 0.3) is 0 Å². The van der Waals surface area contributed by atoms with Gasteiger partial charge in [-0.2, -0.15) is 0 Å². The Bertz CT molecular complexity index is 690. The summed E-state index contributed by atoms with van der Waals surface area (Å²) in [5, 5.41) is 0. The molecule has 3 atom stereocenters. The summed E-state index contributed by atoms with van der Waals surface area (Å²) < 4.78 is 5.81. The van der Waals surface area contributed by atoms with Gasteiger partial charge in [-0.05, 0) is 69.4 Å². The average molecular weight is 408 g/mol. The van der Waals surface area contributed by atoms with E-state index >= 15 is 0 Å². The van der Waals surface area contributed by atoms with E-state index in [1.807, 2.05) is 20.8 Å². The molecule has 3 rings (SSSR count). The number of rotatable bonds is 5. The third-order valence-corrected chi connectivity index (χ3v) is 7.56. The highest BCUT2D eigenvalue weighted by Crippen LogP contribution is 2.71. The zero-order chi connectivity index (χ0) is 20.1. The molecule has 1 aromatic carbocycles. The van der Waals surface area contributed by atoms with Gasteiger partial charge in [-0.3, -0.25) is 9.69 Å². The molecular weight excluding hydrogens is 370 g/mol. The van der Waals surface area contributed by atoms with Gasteiger partial charge in [-0.25, -0.2) is 0 Å². The molecular formula is C24H38ClNO2. The minimum absolute atomic E-state index is 0. The van der Waals surface area contributed by atoms with E-state index in [-0.39, 0.29) is 34.7 Å². The van der Waals surface area contributed by atoms with Crippen LogP contribution in [0.15, 0.2) is 30.3 Å². The van der Waals surface area contributed by atoms with Crippen LogP contribution in [0.3, 0.4) is 0 Å². The van der Waals surface area contributed by atoms with Gasteiger partial charge in [0.05, 0.1) is 6.42 Å². The molecule has 2 aliphatic carbocycles. The van der Waals surface area contributed by atoms with Crippen molar-refractivity contribution in [3.05, 3.63) is 35.9 Å². The average Bonchev–Trinajstić information content (AvgIpc) is 3.01. The van der Waals surface area contributed by atoms with Crippen LogP contribution in [0, 0.1) is 16.7 Å². The van der Waals surface area contributed by atoms with Crippen LogP contribution < -0.4 is 0 Å². The number of fused-ring (bicyclic) bond motifs is 2. The lowest BCUT2D eigenvalue weighted by molar-refractivity contribution is -0.168. The summed E-state index contributed by atoms with van der Waals surface area (Å²) >= 11 is 0.